The van der Waals surface area contributed by atoms with Gasteiger partial charge in [0, 0.05) is 89.7 Å². The molecule has 3 radical (unpaired) electrons. The van der Waals surface area contributed by atoms with Crippen LogP contribution in [0.5, 0.6) is 0 Å². The molecule has 127 valence electrons. The Morgan fingerprint density at radius 3 is 2.15 bits per heavy atom. The number of aromatic nitrogens is 1. The van der Waals surface area contributed by atoms with Crippen LogP contribution in [-0.4, -0.2) is 22.2 Å². The first kappa shape index (κ1) is 24.0. The number of aryl methyl sites for hydroxylation is 2. The molecule has 0 saturated carbocycles. The van der Waals surface area contributed by atoms with Crippen molar-refractivity contribution < 1.29 is 69.9 Å². The van der Waals surface area contributed by atoms with E-state index in [1.54, 1.807) is 0 Å². The Bertz CT molecular complexity index is 890. The predicted octanol–water partition coefficient (Wildman–Crippen LogP) is 4.71. The molecule has 1 aromatic carbocycles. The first-order valence-corrected chi connectivity index (χ1v) is 8.73. The van der Waals surface area contributed by atoms with E-state index in [4.69, 9.17) is 0 Å². The van der Waals surface area contributed by atoms with Gasteiger partial charge in [-0.15, -0.1) is 0 Å². The van der Waals surface area contributed by atoms with Gasteiger partial charge in [0.25, 0.3) is 0 Å². The molecule has 1 aromatic heterocycles. The van der Waals surface area contributed by atoms with Crippen LogP contribution in [0.15, 0.2) is 53.7 Å². The summed E-state index contributed by atoms with van der Waals surface area (Å²) in [6.45, 7) is 12.8. The molecule has 2 aromatic rings. The minimum atomic E-state index is 0. The first-order chi connectivity index (χ1) is 11.6. The van der Waals surface area contributed by atoms with Crippen LogP contribution in [0.25, 0.3) is 5.57 Å². The molecule has 5 heteroatoms. The molecule has 0 atom stereocenters. The maximum atomic E-state index is 2.32. The van der Waals surface area contributed by atoms with Gasteiger partial charge in [0.05, 0.1) is 11.3 Å². The van der Waals surface area contributed by atoms with E-state index < -0.39 is 0 Å². The topological polar surface area (TPSA) is 7.94 Å². The van der Waals surface area contributed by atoms with Gasteiger partial charge in [0.2, 0.25) is 0 Å². The van der Waals surface area contributed by atoms with Gasteiger partial charge in [-0.1, -0.05) is 44.2 Å². The van der Waals surface area contributed by atoms with Gasteiger partial charge in [0.15, 0.2) is 11.4 Å². The second kappa shape index (κ2) is 9.92. The summed E-state index contributed by atoms with van der Waals surface area (Å²) in [6, 6.07) is 13.0. The summed E-state index contributed by atoms with van der Waals surface area (Å²) in [5.41, 5.74) is 10.5. The van der Waals surface area contributed by atoms with Gasteiger partial charge >= 0.3 is 7.55 Å². The standard InChI is InChI=1S/C19H19BN2.C2H6.2Y/c1-12-10-14(3)21-18(12)17(16-8-6-5-7-9-16)19-13(2)11-15(4)22(19)20-21;1-2;;/h5-11H,1-4H3;1-2H3;;/q+1;;;. The van der Waals surface area contributed by atoms with Crippen molar-refractivity contribution in [1.29, 1.82) is 0 Å². The van der Waals surface area contributed by atoms with Crippen molar-refractivity contribution in [3.05, 3.63) is 76.3 Å². The van der Waals surface area contributed by atoms with Crippen LogP contribution in [0.4, 0.5) is 0 Å². The smallest absolute Gasteiger partial charge is 0.322 e. The fourth-order valence-corrected chi connectivity index (χ4v) is 3.67. The van der Waals surface area contributed by atoms with Crippen LogP contribution in [0.3, 0.4) is 0 Å². The summed E-state index contributed by atoms with van der Waals surface area (Å²) in [4.78, 5) is 0. The van der Waals surface area contributed by atoms with Crippen LogP contribution in [-0.2, 0) is 65.4 Å². The van der Waals surface area contributed by atoms with Crippen molar-refractivity contribution in [3.8, 4) is 0 Å². The molecule has 2 aliphatic rings. The summed E-state index contributed by atoms with van der Waals surface area (Å²) >= 11 is 0. The van der Waals surface area contributed by atoms with Gasteiger partial charge in [-0.25, -0.2) is 0 Å². The molecule has 0 fully saturated rings. The molecule has 0 aliphatic carbocycles. The molecule has 0 bridgehead atoms. The second-order valence-electron chi connectivity index (χ2n) is 6.23. The van der Waals surface area contributed by atoms with Gasteiger partial charge < -0.3 is 4.48 Å². The van der Waals surface area contributed by atoms with E-state index in [1.165, 1.54) is 45.1 Å². The molecular formula is C21H25BN2Y2+. The van der Waals surface area contributed by atoms with Crippen LogP contribution < -0.4 is 0 Å². The summed E-state index contributed by atoms with van der Waals surface area (Å²) in [5, 5.41) is 0. The third kappa shape index (κ3) is 4.02. The van der Waals surface area contributed by atoms with E-state index in [0.29, 0.717) is 0 Å². The second-order valence-corrected chi connectivity index (χ2v) is 6.23. The zero-order valence-electron chi connectivity index (χ0n) is 16.7. The summed E-state index contributed by atoms with van der Waals surface area (Å²) in [6.07, 6.45) is 2.27. The van der Waals surface area contributed by atoms with Gasteiger partial charge in [-0.3, -0.25) is 4.49 Å². The Labute approximate surface area is 208 Å². The first-order valence-electron chi connectivity index (χ1n) is 8.73. The molecule has 3 heterocycles. The molecule has 0 saturated heterocycles. The van der Waals surface area contributed by atoms with Crippen molar-refractivity contribution >= 4 is 18.8 Å². The molecule has 0 amide bonds. The van der Waals surface area contributed by atoms with Crippen molar-refractivity contribution in [2.75, 3.05) is 0 Å². The molecular weight excluding hydrogens is 469 g/mol. The normalized spacial score (nSPS) is 14.2. The SMILES string of the molecule is CC.CC1=CC(C)=[N+]2[B]n3c(C)cc(C)c3C(c3ccccc3)=C12.[Y].[Y]. The van der Waals surface area contributed by atoms with Gasteiger partial charge in [0.1, 0.15) is 0 Å². The summed E-state index contributed by atoms with van der Waals surface area (Å²) in [5.74, 6) is 0. The third-order valence-corrected chi connectivity index (χ3v) is 4.61. The molecule has 2 nitrogen and oxygen atoms in total. The van der Waals surface area contributed by atoms with Crippen molar-refractivity contribution in [2.45, 2.75) is 41.5 Å². The molecule has 0 spiro atoms. The quantitative estimate of drug-likeness (QED) is 0.508. The Morgan fingerprint density at radius 2 is 1.54 bits per heavy atom. The zero-order valence-corrected chi connectivity index (χ0v) is 22.3. The van der Waals surface area contributed by atoms with E-state index >= 15 is 0 Å². The molecule has 0 N–H and O–H groups in total. The van der Waals surface area contributed by atoms with Gasteiger partial charge in [-0.2, -0.15) is 0 Å². The number of fused-ring (bicyclic) bond motifs is 2. The van der Waals surface area contributed by atoms with Crippen LogP contribution in [0.1, 0.15) is 50.2 Å². The minimum Gasteiger partial charge on any atom is -0.322 e. The fraction of sp³-hybridized carbons (Fsp3) is 0.286. The third-order valence-electron chi connectivity index (χ3n) is 4.61. The van der Waals surface area contributed by atoms with Crippen LogP contribution >= 0.6 is 0 Å². The fourth-order valence-electron chi connectivity index (χ4n) is 3.67. The van der Waals surface area contributed by atoms with Crippen LogP contribution in [0, 0.1) is 13.8 Å². The Hall–Kier alpha value is -0.0773. The summed E-state index contributed by atoms with van der Waals surface area (Å²) in [7, 11) is 2.22. The summed E-state index contributed by atoms with van der Waals surface area (Å²) < 4.78 is 4.63. The van der Waals surface area contributed by atoms with Gasteiger partial charge in [-0.05, 0) is 38.0 Å². The van der Waals surface area contributed by atoms with Crippen molar-refractivity contribution in [2.24, 2.45) is 0 Å². The number of hydrogen-bond donors (Lipinski definition) is 0. The van der Waals surface area contributed by atoms with E-state index in [0.717, 1.165) is 0 Å². The minimum absolute atomic E-state index is 0. The average Bonchev–Trinajstić information content (AvgIpc) is 3.05. The largest absolute Gasteiger partial charge is 0.699 e. The Balaban J connectivity index is 0.000000818. The zero-order chi connectivity index (χ0) is 17.4. The van der Waals surface area contributed by atoms with Crippen molar-refractivity contribution in [3.63, 3.8) is 0 Å². The van der Waals surface area contributed by atoms with Crippen molar-refractivity contribution in [1.82, 2.24) is 4.48 Å². The number of nitrogens with zero attached hydrogens (tertiary/aromatic N) is 2. The number of benzene rings is 1. The monoisotopic (exact) mass is 494 g/mol. The van der Waals surface area contributed by atoms with E-state index in [2.05, 4.69) is 86.7 Å². The van der Waals surface area contributed by atoms with E-state index in [9.17, 15) is 0 Å². The predicted molar refractivity (Wildman–Crippen MR) is 104 cm³/mol. The van der Waals surface area contributed by atoms with E-state index in [-0.39, 0.29) is 65.4 Å². The maximum absolute atomic E-state index is 2.32. The molecule has 2 aliphatic heterocycles. The number of allylic oxidation sites excluding steroid dienone is 2. The van der Waals surface area contributed by atoms with E-state index in [1.807, 2.05) is 13.8 Å². The number of rotatable bonds is 1. The average molecular weight is 494 g/mol. The maximum Gasteiger partial charge on any atom is 0.699 e. The Kier molecular flexibility index (Phi) is 9.14. The molecule has 0 unspecified atom stereocenters. The molecule has 26 heavy (non-hydrogen) atoms. The van der Waals surface area contributed by atoms with Crippen LogP contribution in [0.2, 0.25) is 0 Å². The Morgan fingerprint density at radius 1 is 0.923 bits per heavy atom. The molecule has 4 rings (SSSR count). The number of hydrogen-bond acceptors (Lipinski definition) is 0.